The quantitative estimate of drug-likeness (QED) is 0.501. The molecule has 9 heteroatoms. The van der Waals surface area contributed by atoms with Gasteiger partial charge in [0.25, 0.3) is 0 Å². The Morgan fingerprint density at radius 3 is 2.76 bits per heavy atom. The molecule has 0 aliphatic carbocycles. The van der Waals surface area contributed by atoms with Gasteiger partial charge in [-0.05, 0) is 31.4 Å². The van der Waals surface area contributed by atoms with Crippen molar-refractivity contribution in [3.05, 3.63) is 48.0 Å². The Labute approximate surface area is 174 Å². The van der Waals surface area contributed by atoms with Gasteiger partial charge in [-0.2, -0.15) is 0 Å². The predicted molar refractivity (Wildman–Crippen MR) is 111 cm³/mol. The minimum Gasteiger partial charge on any atom is -0.486 e. The molecule has 0 aliphatic heterocycles. The molecule has 0 radical (unpaired) electrons. The third kappa shape index (κ3) is 6.35. The number of anilines is 1. The molecule has 0 saturated heterocycles. The van der Waals surface area contributed by atoms with E-state index in [0.717, 1.165) is 24.5 Å². The van der Waals surface area contributed by atoms with Crippen molar-refractivity contribution in [1.29, 1.82) is 0 Å². The number of thioether (sulfide) groups is 1. The highest BCUT2D eigenvalue weighted by Gasteiger charge is 2.16. The van der Waals surface area contributed by atoms with Crippen LogP contribution in [0.4, 0.5) is 5.82 Å². The first kappa shape index (κ1) is 20.9. The van der Waals surface area contributed by atoms with Crippen LogP contribution in [-0.4, -0.2) is 31.6 Å². The van der Waals surface area contributed by atoms with E-state index < -0.39 is 0 Å². The molecule has 0 bridgehead atoms. The van der Waals surface area contributed by atoms with Crippen LogP contribution >= 0.6 is 11.8 Å². The molecule has 29 heavy (non-hydrogen) atoms. The van der Waals surface area contributed by atoms with Crippen LogP contribution in [0.5, 0.6) is 5.75 Å². The molecular formula is C20H25N5O3S. The first-order chi connectivity index (χ1) is 14.0. The molecule has 0 aliphatic rings. The molecule has 0 fully saturated rings. The van der Waals surface area contributed by atoms with Gasteiger partial charge in [0.15, 0.2) is 16.8 Å². The van der Waals surface area contributed by atoms with Crippen molar-refractivity contribution >= 4 is 23.5 Å². The Kier molecular flexibility index (Phi) is 7.29. The molecule has 8 nitrogen and oxygen atoms in total. The number of nitrogens with one attached hydrogen (secondary N) is 1. The Bertz CT molecular complexity index is 923. The minimum absolute atomic E-state index is 0.177. The Morgan fingerprint density at radius 1 is 1.28 bits per heavy atom. The van der Waals surface area contributed by atoms with Crippen LogP contribution in [0.2, 0.25) is 0 Å². The lowest BCUT2D eigenvalue weighted by Crippen LogP contribution is -2.15. The van der Waals surface area contributed by atoms with E-state index in [4.69, 9.17) is 9.26 Å². The second-order valence-electron chi connectivity index (χ2n) is 6.99. The molecule has 2 heterocycles. The van der Waals surface area contributed by atoms with Crippen molar-refractivity contribution in [3.63, 3.8) is 0 Å². The second kappa shape index (κ2) is 10.1. The van der Waals surface area contributed by atoms with Crippen molar-refractivity contribution < 1.29 is 14.1 Å². The summed E-state index contributed by atoms with van der Waals surface area (Å²) in [5, 5.41) is 15.7. The summed E-state index contributed by atoms with van der Waals surface area (Å²) in [6, 6.07) is 11.3. The number of aromatic nitrogens is 4. The molecule has 0 spiro atoms. The van der Waals surface area contributed by atoms with Gasteiger partial charge in [-0.3, -0.25) is 4.79 Å². The van der Waals surface area contributed by atoms with Crippen LogP contribution in [-0.2, 0) is 17.9 Å². The number of carbonyl (C=O) groups is 1. The maximum absolute atomic E-state index is 12.2. The first-order valence-corrected chi connectivity index (χ1v) is 10.5. The fourth-order valence-corrected chi connectivity index (χ4v) is 3.33. The Hall–Kier alpha value is -2.81. The average molecular weight is 416 g/mol. The largest absolute Gasteiger partial charge is 0.486 e. The summed E-state index contributed by atoms with van der Waals surface area (Å²) in [6.07, 6.45) is 0.981. The number of para-hydroxylation sites is 1. The summed E-state index contributed by atoms with van der Waals surface area (Å²) < 4.78 is 12.8. The highest BCUT2D eigenvalue weighted by molar-refractivity contribution is 7.99. The van der Waals surface area contributed by atoms with Crippen molar-refractivity contribution in [3.8, 4) is 5.75 Å². The molecule has 0 atom stereocenters. The van der Waals surface area contributed by atoms with Crippen molar-refractivity contribution in [2.45, 2.75) is 45.5 Å². The minimum atomic E-state index is -0.177. The van der Waals surface area contributed by atoms with E-state index in [0.29, 0.717) is 29.3 Å². The van der Waals surface area contributed by atoms with Gasteiger partial charge in [-0.1, -0.05) is 49.0 Å². The number of hydrogen-bond donors (Lipinski definition) is 1. The van der Waals surface area contributed by atoms with Gasteiger partial charge < -0.3 is 19.1 Å². The number of benzene rings is 1. The number of aryl methyl sites for hydroxylation is 1. The highest BCUT2D eigenvalue weighted by atomic mass is 32.2. The molecule has 1 amide bonds. The van der Waals surface area contributed by atoms with Crippen LogP contribution in [0.25, 0.3) is 0 Å². The summed E-state index contributed by atoms with van der Waals surface area (Å²) in [4.78, 5) is 12.2. The molecule has 0 unspecified atom stereocenters. The summed E-state index contributed by atoms with van der Waals surface area (Å²) in [5.74, 6) is 3.13. The lowest BCUT2D eigenvalue weighted by Gasteiger charge is -2.12. The van der Waals surface area contributed by atoms with Crippen LogP contribution < -0.4 is 10.1 Å². The van der Waals surface area contributed by atoms with E-state index in [1.54, 1.807) is 13.0 Å². The fraction of sp³-hybridized carbons (Fsp3) is 0.400. The van der Waals surface area contributed by atoms with E-state index >= 15 is 0 Å². The van der Waals surface area contributed by atoms with Crippen LogP contribution in [0, 0.1) is 12.8 Å². The topological polar surface area (TPSA) is 95.1 Å². The lowest BCUT2D eigenvalue weighted by molar-refractivity contribution is -0.113. The SMILES string of the molecule is Cc1cc(NC(=O)CSc2nnc(COc3ccccc3)n2CCC(C)C)no1. The molecule has 2 aromatic heterocycles. The number of hydrogen-bond acceptors (Lipinski definition) is 7. The molecular weight excluding hydrogens is 390 g/mol. The zero-order valence-corrected chi connectivity index (χ0v) is 17.6. The normalized spacial score (nSPS) is 11.0. The van der Waals surface area contributed by atoms with Gasteiger partial charge in [0.2, 0.25) is 5.91 Å². The van der Waals surface area contributed by atoms with Gasteiger partial charge in [0.05, 0.1) is 5.75 Å². The maximum atomic E-state index is 12.2. The van der Waals surface area contributed by atoms with Crippen molar-refractivity contribution in [1.82, 2.24) is 19.9 Å². The van der Waals surface area contributed by atoms with E-state index in [-0.39, 0.29) is 11.7 Å². The maximum Gasteiger partial charge on any atom is 0.236 e. The van der Waals surface area contributed by atoms with E-state index in [1.165, 1.54) is 11.8 Å². The Balaban J connectivity index is 1.63. The monoisotopic (exact) mass is 415 g/mol. The average Bonchev–Trinajstić information content (AvgIpc) is 3.29. The number of ether oxygens (including phenoxy) is 1. The summed E-state index contributed by atoms with van der Waals surface area (Å²) in [6.45, 7) is 7.20. The highest BCUT2D eigenvalue weighted by Crippen LogP contribution is 2.20. The Morgan fingerprint density at radius 2 is 2.07 bits per heavy atom. The predicted octanol–water partition coefficient (Wildman–Crippen LogP) is 3.93. The van der Waals surface area contributed by atoms with E-state index in [1.807, 2.05) is 34.9 Å². The van der Waals surface area contributed by atoms with Crippen molar-refractivity contribution in [2.24, 2.45) is 5.92 Å². The van der Waals surface area contributed by atoms with Crippen molar-refractivity contribution in [2.75, 3.05) is 11.1 Å². The van der Waals surface area contributed by atoms with Crippen LogP contribution in [0.1, 0.15) is 31.9 Å². The van der Waals surface area contributed by atoms with E-state index in [9.17, 15) is 4.79 Å². The number of amides is 1. The molecule has 1 aromatic carbocycles. The zero-order chi connectivity index (χ0) is 20.6. The fourth-order valence-electron chi connectivity index (χ4n) is 2.54. The first-order valence-electron chi connectivity index (χ1n) is 9.47. The zero-order valence-electron chi connectivity index (χ0n) is 16.8. The third-order valence-corrected chi connectivity index (χ3v) is 5.03. The number of rotatable bonds is 10. The molecule has 0 saturated carbocycles. The van der Waals surface area contributed by atoms with E-state index in [2.05, 4.69) is 34.5 Å². The summed E-state index contributed by atoms with van der Waals surface area (Å²) >= 11 is 1.34. The molecule has 3 aromatic rings. The smallest absolute Gasteiger partial charge is 0.236 e. The third-order valence-electron chi connectivity index (χ3n) is 4.06. The van der Waals surface area contributed by atoms with Gasteiger partial charge in [0, 0.05) is 12.6 Å². The standard InChI is InChI=1S/C20H25N5O3S/c1-14(2)9-10-25-18(12-27-16-7-5-4-6-8-16)22-23-20(25)29-13-19(26)21-17-11-15(3)28-24-17/h4-8,11,14H,9-10,12-13H2,1-3H3,(H,21,24,26). The van der Waals surface area contributed by atoms with Crippen LogP contribution in [0.3, 0.4) is 0 Å². The number of nitrogens with zero attached hydrogens (tertiary/aromatic N) is 4. The van der Waals surface area contributed by atoms with Gasteiger partial charge >= 0.3 is 0 Å². The lowest BCUT2D eigenvalue weighted by atomic mass is 10.1. The summed E-state index contributed by atoms with van der Waals surface area (Å²) in [7, 11) is 0. The number of carbonyl (C=O) groups excluding carboxylic acids is 1. The second-order valence-corrected chi connectivity index (χ2v) is 7.94. The molecule has 1 N–H and O–H groups in total. The molecule has 154 valence electrons. The molecule has 3 rings (SSSR count). The summed E-state index contributed by atoms with van der Waals surface area (Å²) in [5.41, 5.74) is 0. The van der Waals surface area contributed by atoms with Crippen LogP contribution in [0.15, 0.2) is 46.1 Å². The van der Waals surface area contributed by atoms with Gasteiger partial charge in [-0.25, -0.2) is 0 Å². The van der Waals surface area contributed by atoms with Gasteiger partial charge in [-0.15, -0.1) is 10.2 Å². The van der Waals surface area contributed by atoms with Gasteiger partial charge in [0.1, 0.15) is 18.1 Å².